The molecule has 3 aromatic carbocycles. The molecule has 33 heavy (non-hydrogen) atoms. The Hall–Kier alpha value is -3.71. The summed E-state index contributed by atoms with van der Waals surface area (Å²) in [6.45, 7) is -0.0643. The molecule has 0 bridgehead atoms. The highest BCUT2D eigenvalue weighted by atomic mass is 16.5. The number of aromatic nitrogens is 3. The number of hydrogen-bond acceptors (Lipinski definition) is 5. The molecular weight excluding hydrogens is 416 g/mol. The van der Waals surface area contributed by atoms with Crippen molar-refractivity contribution in [2.45, 2.75) is 31.7 Å². The summed E-state index contributed by atoms with van der Waals surface area (Å²) in [5, 5.41) is 21.6. The Morgan fingerprint density at radius 3 is 2.61 bits per heavy atom. The molecular formula is C26H26N4O3. The SMILES string of the molecule is O=C(COc1ccc(CCO)cc1-n1nc2ccccc2n1)NC1CCCc2ccccc21. The third-order valence-corrected chi connectivity index (χ3v) is 5.99. The van der Waals surface area contributed by atoms with Gasteiger partial charge in [-0.25, -0.2) is 0 Å². The van der Waals surface area contributed by atoms with Gasteiger partial charge in [0, 0.05) is 6.61 Å². The number of hydrogen-bond donors (Lipinski definition) is 2. The molecule has 2 N–H and O–H groups in total. The van der Waals surface area contributed by atoms with Crippen molar-refractivity contribution >= 4 is 16.9 Å². The van der Waals surface area contributed by atoms with Crippen LogP contribution in [0.1, 0.15) is 35.6 Å². The van der Waals surface area contributed by atoms with Gasteiger partial charge in [-0.3, -0.25) is 4.79 Å². The molecule has 0 saturated carbocycles. The number of fused-ring (bicyclic) bond motifs is 2. The summed E-state index contributed by atoms with van der Waals surface area (Å²) in [5.74, 6) is 0.344. The van der Waals surface area contributed by atoms with E-state index in [0.717, 1.165) is 35.9 Å². The van der Waals surface area contributed by atoms with Crippen LogP contribution in [0.25, 0.3) is 16.7 Å². The Morgan fingerprint density at radius 2 is 1.82 bits per heavy atom. The first-order valence-electron chi connectivity index (χ1n) is 11.3. The van der Waals surface area contributed by atoms with E-state index < -0.39 is 0 Å². The number of nitrogens with zero attached hydrogens (tertiary/aromatic N) is 3. The van der Waals surface area contributed by atoms with E-state index >= 15 is 0 Å². The number of aryl methyl sites for hydroxylation is 1. The molecule has 1 atom stereocenters. The molecule has 1 heterocycles. The lowest BCUT2D eigenvalue weighted by Crippen LogP contribution is -2.34. The van der Waals surface area contributed by atoms with Crippen LogP contribution in [0.15, 0.2) is 66.7 Å². The average Bonchev–Trinajstić information content (AvgIpc) is 3.28. The van der Waals surface area contributed by atoms with E-state index in [-0.39, 0.29) is 25.2 Å². The number of carbonyl (C=O) groups excluding carboxylic acids is 1. The van der Waals surface area contributed by atoms with Crippen LogP contribution in [0.5, 0.6) is 5.75 Å². The van der Waals surface area contributed by atoms with Gasteiger partial charge in [0.25, 0.3) is 5.91 Å². The number of nitrogens with one attached hydrogen (secondary N) is 1. The predicted molar refractivity (Wildman–Crippen MR) is 125 cm³/mol. The monoisotopic (exact) mass is 442 g/mol. The van der Waals surface area contributed by atoms with E-state index in [1.54, 1.807) is 6.07 Å². The van der Waals surface area contributed by atoms with Crippen LogP contribution in [-0.2, 0) is 17.6 Å². The molecule has 1 aromatic heterocycles. The Bertz CT molecular complexity index is 1250. The Morgan fingerprint density at radius 1 is 1.06 bits per heavy atom. The molecule has 1 aliphatic carbocycles. The zero-order chi connectivity index (χ0) is 22.6. The van der Waals surface area contributed by atoms with Gasteiger partial charge in [-0.2, -0.15) is 0 Å². The van der Waals surface area contributed by atoms with Crippen LogP contribution in [0.4, 0.5) is 0 Å². The molecule has 0 saturated heterocycles. The van der Waals surface area contributed by atoms with E-state index in [9.17, 15) is 9.90 Å². The molecule has 168 valence electrons. The average molecular weight is 443 g/mol. The summed E-state index contributed by atoms with van der Waals surface area (Å²) in [6.07, 6.45) is 3.54. The highest BCUT2D eigenvalue weighted by Gasteiger charge is 2.22. The molecule has 7 nitrogen and oxygen atoms in total. The zero-order valence-electron chi connectivity index (χ0n) is 18.3. The second-order valence-electron chi connectivity index (χ2n) is 8.25. The lowest BCUT2D eigenvalue weighted by Gasteiger charge is -2.26. The number of ether oxygens (including phenoxy) is 1. The maximum absolute atomic E-state index is 12.7. The topological polar surface area (TPSA) is 89.3 Å². The van der Waals surface area contributed by atoms with E-state index in [0.29, 0.717) is 17.9 Å². The lowest BCUT2D eigenvalue weighted by atomic mass is 9.88. The summed E-state index contributed by atoms with van der Waals surface area (Å²) >= 11 is 0. The summed E-state index contributed by atoms with van der Waals surface area (Å²) in [4.78, 5) is 14.3. The van der Waals surface area contributed by atoms with Crippen molar-refractivity contribution < 1.29 is 14.6 Å². The van der Waals surface area contributed by atoms with Gasteiger partial charge in [-0.15, -0.1) is 15.0 Å². The summed E-state index contributed by atoms with van der Waals surface area (Å²) in [6, 6.07) is 21.5. The second-order valence-corrected chi connectivity index (χ2v) is 8.25. The van der Waals surface area contributed by atoms with Crippen molar-refractivity contribution in [3.63, 3.8) is 0 Å². The van der Waals surface area contributed by atoms with Crippen LogP contribution in [0, 0.1) is 0 Å². The molecule has 1 aliphatic rings. The van der Waals surface area contributed by atoms with Gasteiger partial charge < -0.3 is 15.2 Å². The van der Waals surface area contributed by atoms with Crippen molar-refractivity contribution in [1.82, 2.24) is 20.3 Å². The number of benzene rings is 3. The van der Waals surface area contributed by atoms with Crippen molar-refractivity contribution in [3.8, 4) is 11.4 Å². The number of amides is 1. The molecule has 0 fully saturated rings. The zero-order valence-corrected chi connectivity index (χ0v) is 18.3. The number of aliphatic hydroxyl groups excluding tert-OH is 1. The van der Waals surface area contributed by atoms with Gasteiger partial charge in [-0.1, -0.05) is 42.5 Å². The lowest BCUT2D eigenvalue weighted by molar-refractivity contribution is -0.123. The largest absolute Gasteiger partial charge is 0.481 e. The van der Waals surface area contributed by atoms with Gasteiger partial charge in [0.2, 0.25) is 0 Å². The predicted octanol–water partition coefficient (Wildman–Crippen LogP) is 3.53. The van der Waals surface area contributed by atoms with E-state index in [1.807, 2.05) is 48.5 Å². The van der Waals surface area contributed by atoms with Gasteiger partial charge in [-0.05, 0) is 66.6 Å². The van der Waals surface area contributed by atoms with Crippen LogP contribution >= 0.6 is 0 Å². The highest BCUT2D eigenvalue weighted by Crippen LogP contribution is 2.29. The summed E-state index contributed by atoms with van der Waals surface area (Å²) in [5.41, 5.74) is 5.60. The Kier molecular flexibility index (Phi) is 6.04. The molecule has 1 unspecified atom stereocenters. The quantitative estimate of drug-likeness (QED) is 0.457. The van der Waals surface area contributed by atoms with Gasteiger partial charge in [0.05, 0.1) is 6.04 Å². The summed E-state index contributed by atoms with van der Waals surface area (Å²) in [7, 11) is 0. The first kappa shape index (κ1) is 21.2. The third-order valence-electron chi connectivity index (χ3n) is 5.99. The van der Waals surface area contributed by atoms with Crippen LogP contribution < -0.4 is 10.1 Å². The van der Waals surface area contributed by atoms with E-state index in [4.69, 9.17) is 4.74 Å². The second kappa shape index (κ2) is 9.42. The number of carbonyl (C=O) groups is 1. The standard InChI is InChI=1S/C26H26N4O3/c31-15-14-18-12-13-25(24(16-18)30-28-22-9-3-4-10-23(22)29-30)33-17-26(32)27-21-11-5-7-19-6-1-2-8-20(19)21/h1-4,6,8-10,12-13,16,21,31H,5,7,11,14-15,17H2,(H,27,32). The van der Waals surface area contributed by atoms with Crippen molar-refractivity contribution in [2.75, 3.05) is 13.2 Å². The van der Waals surface area contributed by atoms with Gasteiger partial charge in [0.1, 0.15) is 22.5 Å². The van der Waals surface area contributed by atoms with Gasteiger partial charge in [0.15, 0.2) is 6.61 Å². The first-order valence-corrected chi connectivity index (χ1v) is 11.3. The Balaban J connectivity index is 1.34. The minimum atomic E-state index is -0.166. The molecule has 7 heteroatoms. The molecule has 0 radical (unpaired) electrons. The molecule has 0 spiro atoms. The fraction of sp³-hybridized carbons (Fsp3) is 0.269. The molecule has 0 aliphatic heterocycles. The minimum absolute atomic E-state index is 0.00975. The first-order chi connectivity index (χ1) is 16.2. The third kappa shape index (κ3) is 4.59. The van der Waals surface area contributed by atoms with Crippen LogP contribution in [0.2, 0.25) is 0 Å². The van der Waals surface area contributed by atoms with E-state index in [2.05, 4.69) is 27.6 Å². The maximum atomic E-state index is 12.7. The number of rotatable bonds is 7. The van der Waals surface area contributed by atoms with Crippen molar-refractivity contribution in [3.05, 3.63) is 83.4 Å². The fourth-order valence-electron chi connectivity index (χ4n) is 4.38. The normalized spacial score (nSPS) is 15.2. The Labute approximate surface area is 192 Å². The highest BCUT2D eigenvalue weighted by molar-refractivity contribution is 5.78. The van der Waals surface area contributed by atoms with Crippen LogP contribution in [0.3, 0.4) is 0 Å². The minimum Gasteiger partial charge on any atom is -0.481 e. The van der Waals surface area contributed by atoms with Crippen LogP contribution in [-0.4, -0.2) is 39.2 Å². The van der Waals surface area contributed by atoms with Gasteiger partial charge >= 0.3 is 0 Å². The molecule has 4 aromatic rings. The molecule has 1 amide bonds. The van der Waals surface area contributed by atoms with E-state index in [1.165, 1.54) is 15.9 Å². The van der Waals surface area contributed by atoms with Crippen molar-refractivity contribution in [2.24, 2.45) is 0 Å². The fourth-order valence-corrected chi connectivity index (χ4v) is 4.38. The maximum Gasteiger partial charge on any atom is 0.258 e. The molecule has 5 rings (SSSR count). The summed E-state index contributed by atoms with van der Waals surface area (Å²) < 4.78 is 5.94. The smallest absolute Gasteiger partial charge is 0.258 e. The number of aliphatic hydroxyl groups is 1. The van der Waals surface area contributed by atoms with Crippen molar-refractivity contribution in [1.29, 1.82) is 0 Å².